The van der Waals surface area contributed by atoms with Crippen molar-refractivity contribution >= 4 is 45.2 Å². The number of piperazine rings is 1. The molecular formula is C35H42ClFN6O4S. The lowest BCUT2D eigenvalue weighted by molar-refractivity contribution is 0.000508. The highest BCUT2D eigenvalue weighted by atomic mass is 35.5. The van der Waals surface area contributed by atoms with Crippen LogP contribution in [0.15, 0.2) is 52.9 Å². The van der Waals surface area contributed by atoms with E-state index in [0.29, 0.717) is 17.8 Å². The number of rotatable bonds is 5. The molecular weight excluding hydrogens is 655 g/mol. The summed E-state index contributed by atoms with van der Waals surface area (Å²) >= 11 is 6.84. The van der Waals surface area contributed by atoms with Crippen LogP contribution in [0.4, 0.5) is 20.7 Å². The van der Waals surface area contributed by atoms with Crippen LogP contribution in [0.25, 0.3) is 11.3 Å². The number of ether oxygens (including phenoxy) is 1. The number of aromatic nitrogens is 1. The maximum Gasteiger partial charge on any atom is 0.410 e. The molecule has 2 fully saturated rings. The molecule has 1 amide bonds. The van der Waals surface area contributed by atoms with E-state index in [0.717, 1.165) is 24.0 Å². The molecule has 6 rings (SSSR count). The minimum atomic E-state index is -4.40. The van der Waals surface area contributed by atoms with Gasteiger partial charge in [-0.2, -0.15) is 8.42 Å². The van der Waals surface area contributed by atoms with Gasteiger partial charge in [-0.1, -0.05) is 35.9 Å². The second-order valence-electron chi connectivity index (χ2n) is 14.2. The van der Waals surface area contributed by atoms with Crippen molar-refractivity contribution in [3.05, 3.63) is 76.1 Å². The number of anilines is 2. The van der Waals surface area contributed by atoms with E-state index in [2.05, 4.69) is 15.4 Å². The van der Waals surface area contributed by atoms with Gasteiger partial charge in [-0.05, 0) is 103 Å². The van der Waals surface area contributed by atoms with Crippen molar-refractivity contribution in [1.29, 1.82) is 0 Å². The minimum Gasteiger partial charge on any atom is -0.444 e. The Morgan fingerprint density at radius 1 is 1.04 bits per heavy atom. The Hall–Kier alpha value is -3.74. The fraction of sp³-hybridized carbons (Fsp3) is 0.457. The maximum atomic E-state index is 15.1. The molecule has 0 bridgehead atoms. The highest BCUT2D eigenvalue weighted by molar-refractivity contribution is 7.92. The van der Waals surface area contributed by atoms with Gasteiger partial charge in [0, 0.05) is 37.3 Å². The Labute approximate surface area is 287 Å². The third-order valence-corrected chi connectivity index (χ3v) is 10.2. The lowest BCUT2D eigenvalue weighted by atomic mass is 10.0. The zero-order chi connectivity index (χ0) is 34.7. The number of halogens is 2. The number of carbonyl (C=O) groups is 1. The number of nitrogens with zero attached hydrogens (tertiary/aromatic N) is 6. The molecule has 0 radical (unpaired) electrons. The number of benzene rings is 2. The first-order valence-corrected chi connectivity index (χ1v) is 18.0. The minimum absolute atomic E-state index is 0.0966. The van der Waals surface area contributed by atoms with Crippen molar-refractivity contribution in [2.24, 2.45) is 4.40 Å². The summed E-state index contributed by atoms with van der Waals surface area (Å²) in [5.74, 6) is -0.0554. The molecule has 0 spiro atoms. The number of hydrogen-bond acceptors (Lipinski definition) is 7. The van der Waals surface area contributed by atoms with Crippen LogP contribution in [-0.2, 0) is 21.5 Å². The highest BCUT2D eigenvalue weighted by Crippen LogP contribution is 2.49. The highest BCUT2D eigenvalue weighted by Gasteiger charge is 2.43. The van der Waals surface area contributed by atoms with Crippen molar-refractivity contribution in [3.63, 3.8) is 0 Å². The fourth-order valence-electron chi connectivity index (χ4n) is 6.37. The number of amides is 1. The van der Waals surface area contributed by atoms with E-state index in [1.54, 1.807) is 29.2 Å². The molecule has 3 aliphatic rings. The van der Waals surface area contributed by atoms with Crippen LogP contribution in [0.5, 0.6) is 0 Å². The standard InChI is InChI=1S/C35H42ClFN6O4S/c1-21-19-42(34(44)47-35(3,4)5)22(2)18-41(21)33-27-17-28(36)31(25-10-8-9-11-29(25)37)38-32(27)43(48(45,46)39-33)30-15-12-23(20-40(6)7)16-26(30)24-13-14-24/h8-12,15-17,21-22,24H,13-14,18-20H2,1-7H3/t21-,22+/m0/s1. The van der Waals surface area contributed by atoms with E-state index in [1.165, 1.54) is 10.4 Å². The van der Waals surface area contributed by atoms with Gasteiger partial charge in [0.15, 0.2) is 11.7 Å². The van der Waals surface area contributed by atoms with Crippen LogP contribution in [0.1, 0.15) is 70.1 Å². The van der Waals surface area contributed by atoms with Gasteiger partial charge in [-0.15, -0.1) is 4.40 Å². The normalized spacial score (nSPS) is 20.9. The van der Waals surface area contributed by atoms with E-state index in [-0.39, 0.29) is 59.0 Å². The Morgan fingerprint density at radius 2 is 1.75 bits per heavy atom. The quantitative estimate of drug-likeness (QED) is 0.285. The molecule has 10 nitrogen and oxygen atoms in total. The molecule has 0 unspecified atom stereocenters. The van der Waals surface area contributed by atoms with Gasteiger partial charge in [0.05, 0.1) is 22.0 Å². The number of pyridine rings is 1. The number of fused-ring (bicyclic) bond motifs is 1. The molecule has 2 aliphatic heterocycles. The zero-order valence-corrected chi connectivity index (χ0v) is 29.9. The average Bonchev–Trinajstić information content (AvgIpc) is 3.83. The molecule has 256 valence electrons. The van der Waals surface area contributed by atoms with E-state index in [1.807, 2.05) is 65.7 Å². The molecule has 13 heteroatoms. The van der Waals surface area contributed by atoms with Crippen LogP contribution in [0.3, 0.4) is 0 Å². The molecule has 1 saturated heterocycles. The summed E-state index contributed by atoms with van der Waals surface area (Å²) in [7, 11) is -0.434. The molecule has 0 N–H and O–H groups in total. The fourth-order valence-corrected chi connectivity index (χ4v) is 7.89. The van der Waals surface area contributed by atoms with Gasteiger partial charge >= 0.3 is 16.3 Å². The van der Waals surface area contributed by atoms with Crippen LogP contribution in [0, 0.1) is 5.82 Å². The van der Waals surface area contributed by atoms with Crippen LogP contribution < -0.4 is 4.31 Å². The number of hydrogen-bond donors (Lipinski definition) is 0. The molecule has 48 heavy (non-hydrogen) atoms. The summed E-state index contributed by atoms with van der Waals surface area (Å²) in [4.78, 5) is 23.5. The Bertz CT molecular complexity index is 1890. The lowest BCUT2D eigenvalue weighted by Crippen LogP contribution is -2.60. The largest absolute Gasteiger partial charge is 0.444 e. The van der Waals surface area contributed by atoms with Gasteiger partial charge in [-0.25, -0.2) is 18.5 Å². The van der Waals surface area contributed by atoms with Crippen LogP contribution in [0.2, 0.25) is 5.02 Å². The topological polar surface area (TPSA) is 98.7 Å². The van der Waals surface area contributed by atoms with Gasteiger partial charge in [-0.3, -0.25) is 0 Å². The monoisotopic (exact) mass is 696 g/mol. The second-order valence-corrected chi connectivity index (χ2v) is 16.1. The van der Waals surface area contributed by atoms with E-state index < -0.39 is 27.7 Å². The molecule has 1 aromatic heterocycles. The Kier molecular flexibility index (Phi) is 8.97. The molecule has 1 aliphatic carbocycles. The summed E-state index contributed by atoms with van der Waals surface area (Å²) in [5, 5.41) is 0.155. The van der Waals surface area contributed by atoms with Crippen LogP contribution in [-0.4, -0.2) is 84.9 Å². The molecule has 1 saturated carbocycles. The predicted octanol–water partition coefficient (Wildman–Crippen LogP) is 6.95. The number of amidine groups is 1. The van der Waals surface area contributed by atoms with Gasteiger partial charge < -0.3 is 19.4 Å². The third kappa shape index (κ3) is 6.75. The first kappa shape index (κ1) is 34.1. The van der Waals surface area contributed by atoms with Crippen molar-refractivity contribution in [2.45, 2.75) is 77.6 Å². The molecule has 2 aromatic carbocycles. The summed E-state index contributed by atoms with van der Waals surface area (Å²) in [6.45, 7) is 10.5. The Morgan fingerprint density at radius 3 is 2.40 bits per heavy atom. The summed E-state index contributed by atoms with van der Waals surface area (Å²) in [5.41, 5.74) is 2.45. The summed E-state index contributed by atoms with van der Waals surface area (Å²) < 4.78 is 55.3. The molecule has 3 heterocycles. The predicted molar refractivity (Wildman–Crippen MR) is 187 cm³/mol. The second kappa shape index (κ2) is 12.6. The third-order valence-electron chi connectivity index (χ3n) is 8.66. The molecule has 3 aromatic rings. The van der Waals surface area contributed by atoms with E-state index in [4.69, 9.17) is 21.3 Å². The summed E-state index contributed by atoms with van der Waals surface area (Å²) in [6, 6.07) is 12.9. The Balaban J connectivity index is 1.50. The SMILES string of the molecule is C[C@@H]1CN(C2=NS(=O)(=O)N(c3ccc(CN(C)C)cc3C3CC3)c3nc(-c4ccccc4F)c(Cl)cc32)[C@@H](C)CN1C(=O)OC(C)(C)C. The van der Waals surface area contributed by atoms with E-state index >= 15 is 4.39 Å². The summed E-state index contributed by atoms with van der Waals surface area (Å²) in [6.07, 6.45) is 1.45. The lowest BCUT2D eigenvalue weighted by Gasteiger charge is -2.46. The molecule has 2 atom stereocenters. The van der Waals surface area contributed by atoms with Crippen molar-refractivity contribution in [1.82, 2.24) is 19.7 Å². The smallest absolute Gasteiger partial charge is 0.410 e. The van der Waals surface area contributed by atoms with Crippen molar-refractivity contribution in [3.8, 4) is 11.3 Å². The first-order chi connectivity index (χ1) is 22.5. The van der Waals surface area contributed by atoms with Gasteiger partial charge in [0.25, 0.3) is 0 Å². The number of carbonyl (C=O) groups excluding carboxylic acids is 1. The maximum absolute atomic E-state index is 15.1. The van der Waals surface area contributed by atoms with Crippen LogP contribution >= 0.6 is 11.6 Å². The van der Waals surface area contributed by atoms with Gasteiger partial charge in [0.1, 0.15) is 11.4 Å². The van der Waals surface area contributed by atoms with Crippen molar-refractivity contribution in [2.75, 3.05) is 31.5 Å². The zero-order valence-electron chi connectivity index (χ0n) is 28.4. The van der Waals surface area contributed by atoms with Crippen molar-refractivity contribution < 1.29 is 22.3 Å². The average molecular weight is 697 g/mol. The van der Waals surface area contributed by atoms with Gasteiger partial charge in [0.2, 0.25) is 0 Å². The van der Waals surface area contributed by atoms with E-state index in [9.17, 15) is 13.2 Å². The first-order valence-electron chi connectivity index (χ1n) is 16.2.